The third kappa shape index (κ3) is 3.83. The Morgan fingerprint density at radius 3 is 2.65 bits per heavy atom. The number of fused-ring (bicyclic) bond motifs is 1. The summed E-state index contributed by atoms with van der Waals surface area (Å²) in [7, 11) is 1.70. The SMILES string of the molecule is Cc1cccc(C)c1NC(=O)CN(C)C(=O)c1csc2c1CCC(C)C2. The minimum atomic E-state index is -0.170. The lowest BCUT2D eigenvalue weighted by molar-refractivity contribution is -0.116. The number of nitrogens with zero attached hydrogens (tertiary/aromatic N) is 1. The average Bonchev–Trinajstić information content (AvgIpc) is 3.00. The molecule has 0 bridgehead atoms. The molecule has 1 aliphatic carbocycles. The van der Waals surface area contributed by atoms with Crippen molar-refractivity contribution in [2.24, 2.45) is 5.92 Å². The van der Waals surface area contributed by atoms with Crippen LogP contribution in [0.15, 0.2) is 23.6 Å². The molecule has 26 heavy (non-hydrogen) atoms. The molecule has 2 aromatic rings. The lowest BCUT2D eigenvalue weighted by Crippen LogP contribution is -2.35. The Labute approximate surface area is 159 Å². The van der Waals surface area contributed by atoms with Gasteiger partial charge in [-0.15, -0.1) is 11.3 Å². The standard InChI is InChI=1S/C21H26N2O2S/c1-13-8-9-16-17(12-26-18(16)10-13)21(25)23(4)11-19(24)22-20-14(2)6-5-7-15(20)3/h5-7,12-13H,8-11H2,1-4H3,(H,22,24). The van der Waals surface area contributed by atoms with Crippen LogP contribution in [-0.4, -0.2) is 30.3 Å². The number of nitrogens with one attached hydrogen (secondary N) is 1. The van der Waals surface area contributed by atoms with Crippen molar-refractivity contribution in [2.45, 2.75) is 40.0 Å². The highest BCUT2D eigenvalue weighted by atomic mass is 32.1. The smallest absolute Gasteiger partial charge is 0.255 e. The number of likely N-dealkylation sites (N-methyl/N-ethyl adjacent to an activating group) is 1. The normalized spacial score (nSPS) is 16.1. The lowest BCUT2D eigenvalue weighted by atomic mass is 9.88. The van der Waals surface area contributed by atoms with E-state index in [0.717, 1.165) is 41.6 Å². The molecule has 0 radical (unpaired) electrons. The van der Waals surface area contributed by atoms with E-state index in [2.05, 4.69) is 12.2 Å². The zero-order chi connectivity index (χ0) is 18.8. The zero-order valence-electron chi connectivity index (χ0n) is 15.9. The Balaban J connectivity index is 1.67. The van der Waals surface area contributed by atoms with Crippen LogP contribution in [0.1, 0.15) is 45.3 Å². The van der Waals surface area contributed by atoms with Crippen LogP contribution in [0.25, 0.3) is 0 Å². The van der Waals surface area contributed by atoms with E-state index in [1.807, 2.05) is 37.4 Å². The average molecular weight is 371 g/mol. The molecule has 1 unspecified atom stereocenters. The third-order valence-corrected chi connectivity index (χ3v) is 6.16. The molecule has 1 heterocycles. The first-order valence-electron chi connectivity index (χ1n) is 9.07. The van der Waals surface area contributed by atoms with E-state index in [0.29, 0.717) is 5.92 Å². The van der Waals surface area contributed by atoms with E-state index in [4.69, 9.17) is 0 Å². The van der Waals surface area contributed by atoms with Crippen molar-refractivity contribution in [3.63, 3.8) is 0 Å². The number of rotatable bonds is 4. The molecule has 3 rings (SSSR count). The maximum atomic E-state index is 12.8. The summed E-state index contributed by atoms with van der Waals surface area (Å²) in [6, 6.07) is 5.91. The van der Waals surface area contributed by atoms with Gasteiger partial charge in [0.2, 0.25) is 5.91 Å². The van der Waals surface area contributed by atoms with Gasteiger partial charge in [0, 0.05) is 23.0 Å². The van der Waals surface area contributed by atoms with Crippen LogP contribution < -0.4 is 5.32 Å². The number of carbonyl (C=O) groups excluding carboxylic acids is 2. The molecule has 1 N–H and O–H groups in total. The molecule has 1 aliphatic rings. The van der Waals surface area contributed by atoms with Crippen LogP contribution in [0.4, 0.5) is 5.69 Å². The van der Waals surface area contributed by atoms with Gasteiger partial charge in [0.1, 0.15) is 0 Å². The van der Waals surface area contributed by atoms with E-state index < -0.39 is 0 Å². The van der Waals surface area contributed by atoms with E-state index in [9.17, 15) is 9.59 Å². The first-order valence-corrected chi connectivity index (χ1v) is 9.95. The highest BCUT2D eigenvalue weighted by Gasteiger charge is 2.25. The summed E-state index contributed by atoms with van der Waals surface area (Å²) in [6.07, 6.45) is 3.15. The quantitative estimate of drug-likeness (QED) is 0.877. The molecule has 4 nitrogen and oxygen atoms in total. The fourth-order valence-corrected chi connectivity index (χ4v) is 4.78. The predicted molar refractivity (Wildman–Crippen MR) is 107 cm³/mol. The van der Waals surface area contributed by atoms with Gasteiger partial charge >= 0.3 is 0 Å². The number of anilines is 1. The number of hydrogen-bond acceptors (Lipinski definition) is 3. The number of thiophene rings is 1. The second-order valence-electron chi connectivity index (χ2n) is 7.38. The van der Waals surface area contributed by atoms with E-state index in [1.165, 1.54) is 15.3 Å². The van der Waals surface area contributed by atoms with Gasteiger partial charge in [-0.1, -0.05) is 25.1 Å². The molecule has 2 amide bonds. The molecule has 5 heteroatoms. The van der Waals surface area contributed by atoms with Crippen LogP contribution in [0.3, 0.4) is 0 Å². The van der Waals surface area contributed by atoms with Crippen molar-refractivity contribution in [3.05, 3.63) is 50.7 Å². The lowest BCUT2D eigenvalue weighted by Gasteiger charge is -2.21. The summed E-state index contributed by atoms with van der Waals surface area (Å²) in [5, 5.41) is 4.91. The first-order chi connectivity index (χ1) is 12.4. The molecule has 0 aliphatic heterocycles. The van der Waals surface area contributed by atoms with Gasteiger partial charge in [-0.3, -0.25) is 9.59 Å². The van der Waals surface area contributed by atoms with Gasteiger partial charge in [-0.25, -0.2) is 0 Å². The molecule has 138 valence electrons. The van der Waals surface area contributed by atoms with E-state index in [-0.39, 0.29) is 18.4 Å². The fraction of sp³-hybridized carbons (Fsp3) is 0.429. The van der Waals surface area contributed by atoms with Gasteiger partial charge < -0.3 is 10.2 Å². The van der Waals surface area contributed by atoms with Crippen molar-refractivity contribution in [2.75, 3.05) is 18.9 Å². The zero-order valence-corrected chi connectivity index (χ0v) is 16.7. The highest BCUT2D eigenvalue weighted by molar-refractivity contribution is 7.10. The number of para-hydroxylation sites is 1. The molecule has 1 atom stereocenters. The number of amides is 2. The Bertz CT molecular complexity index is 820. The van der Waals surface area contributed by atoms with Gasteiger partial charge in [-0.2, -0.15) is 0 Å². The topological polar surface area (TPSA) is 49.4 Å². The van der Waals surface area contributed by atoms with Gasteiger partial charge in [-0.05, 0) is 55.7 Å². The maximum absolute atomic E-state index is 12.8. The minimum absolute atomic E-state index is 0.0492. The van der Waals surface area contributed by atoms with E-state index in [1.54, 1.807) is 18.4 Å². The van der Waals surface area contributed by atoms with Crippen molar-refractivity contribution < 1.29 is 9.59 Å². The number of aryl methyl sites for hydroxylation is 2. The summed E-state index contributed by atoms with van der Waals surface area (Å²) in [6.45, 7) is 6.24. The number of carbonyl (C=O) groups is 2. The fourth-order valence-electron chi connectivity index (χ4n) is 3.54. The molecular weight excluding hydrogens is 344 g/mol. The van der Waals surface area contributed by atoms with Crippen molar-refractivity contribution >= 4 is 28.8 Å². The van der Waals surface area contributed by atoms with Gasteiger partial charge in [0.15, 0.2) is 0 Å². The summed E-state index contributed by atoms with van der Waals surface area (Å²) >= 11 is 1.68. The largest absolute Gasteiger partial charge is 0.332 e. The summed E-state index contributed by atoms with van der Waals surface area (Å²) < 4.78 is 0. The van der Waals surface area contributed by atoms with Crippen molar-refractivity contribution in [1.29, 1.82) is 0 Å². The Morgan fingerprint density at radius 1 is 1.27 bits per heavy atom. The second kappa shape index (κ2) is 7.62. The molecular formula is C21H26N2O2S. The molecule has 1 aromatic carbocycles. The second-order valence-corrected chi connectivity index (χ2v) is 8.34. The van der Waals surface area contributed by atoms with Crippen molar-refractivity contribution in [3.8, 4) is 0 Å². The Morgan fingerprint density at radius 2 is 1.96 bits per heavy atom. The van der Waals surface area contributed by atoms with Crippen LogP contribution in [0.2, 0.25) is 0 Å². The van der Waals surface area contributed by atoms with Crippen molar-refractivity contribution in [1.82, 2.24) is 4.90 Å². The van der Waals surface area contributed by atoms with Crippen LogP contribution >= 0.6 is 11.3 Å². The predicted octanol–water partition coefficient (Wildman–Crippen LogP) is 4.20. The van der Waals surface area contributed by atoms with Gasteiger partial charge in [0.05, 0.1) is 12.1 Å². The number of benzene rings is 1. The summed E-state index contributed by atoms with van der Waals surface area (Å²) in [5.74, 6) is 0.453. The molecule has 0 spiro atoms. The maximum Gasteiger partial charge on any atom is 0.255 e. The minimum Gasteiger partial charge on any atom is -0.332 e. The first kappa shape index (κ1) is 18.6. The van der Waals surface area contributed by atoms with Crippen LogP contribution in [0.5, 0.6) is 0 Å². The Hall–Kier alpha value is -2.14. The summed E-state index contributed by atoms with van der Waals surface area (Å²) in [5.41, 5.74) is 4.85. The van der Waals surface area contributed by atoms with Gasteiger partial charge in [0.25, 0.3) is 5.91 Å². The molecule has 0 saturated heterocycles. The molecule has 0 saturated carbocycles. The van der Waals surface area contributed by atoms with Crippen LogP contribution in [-0.2, 0) is 17.6 Å². The molecule has 0 fully saturated rings. The summed E-state index contributed by atoms with van der Waals surface area (Å²) in [4.78, 5) is 28.1. The highest BCUT2D eigenvalue weighted by Crippen LogP contribution is 2.33. The van der Waals surface area contributed by atoms with Crippen LogP contribution in [0, 0.1) is 19.8 Å². The number of hydrogen-bond donors (Lipinski definition) is 1. The Kier molecular flexibility index (Phi) is 5.47. The molecule has 1 aromatic heterocycles. The van der Waals surface area contributed by atoms with E-state index >= 15 is 0 Å². The monoisotopic (exact) mass is 370 g/mol. The third-order valence-electron chi connectivity index (χ3n) is 5.11.